The summed E-state index contributed by atoms with van der Waals surface area (Å²) in [5.74, 6) is -1.56. The minimum atomic E-state index is -4.22. The molecule has 2 N–H and O–H groups in total. The first-order chi connectivity index (χ1) is 13.8. The molecular weight excluding hydrogens is 438 g/mol. The van der Waals surface area contributed by atoms with Crippen LogP contribution in [0.4, 0.5) is 10.1 Å². The zero-order valence-corrected chi connectivity index (χ0v) is 17.2. The Balaban J connectivity index is 1.81. The highest BCUT2D eigenvalue weighted by atomic mass is 35.5. The van der Waals surface area contributed by atoms with E-state index in [-0.39, 0.29) is 12.1 Å². The molecule has 29 heavy (non-hydrogen) atoms. The molecule has 0 saturated heterocycles. The molecule has 3 aromatic rings. The summed E-state index contributed by atoms with van der Waals surface area (Å²) in [6.45, 7) is -0.122. The minimum Gasteiger partial charge on any atom is -0.322 e. The van der Waals surface area contributed by atoms with Crippen molar-refractivity contribution in [1.82, 2.24) is 4.72 Å². The molecule has 5 nitrogen and oxygen atoms in total. The number of halogens is 3. The van der Waals surface area contributed by atoms with Gasteiger partial charge in [-0.05, 0) is 54.1 Å². The van der Waals surface area contributed by atoms with E-state index in [1.165, 1.54) is 6.07 Å². The molecule has 0 bridgehead atoms. The van der Waals surface area contributed by atoms with Crippen LogP contribution in [-0.2, 0) is 16.6 Å². The van der Waals surface area contributed by atoms with E-state index < -0.39 is 26.6 Å². The third kappa shape index (κ3) is 5.33. The second-order valence-corrected chi connectivity index (χ2v) is 8.60. The summed E-state index contributed by atoms with van der Waals surface area (Å²) in [5, 5.41) is 3.48. The SMILES string of the molecule is O=C(Nc1ccc(Cl)cc1)c1ccc(F)c(S(=O)(=O)NCc2ccccc2Cl)c1. The second kappa shape index (κ2) is 8.92. The smallest absolute Gasteiger partial charge is 0.255 e. The first-order valence-electron chi connectivity index (χ1n) is 8.36. The number of sulfonamides is 1. The predicted octanol–water partition coefficient (Wildman–Crippen LogP) is 4.86. The van der Waals surface area contributed by atoms with Crippen LogP contribution in [0.5, 0.6) is 0 Å². The minimum absolute atomic E-state index is 0.0144. The van der Waals surface area contributed by atoms with Gasteiger partial charge in [-0.3, -0.25) is 4.79 Å². The largest absolute Gasteiger partial charge is 0.322 e. The van der Waals surface area contributed by atoms with Crippen molar-refractivity contribution in [2.75, 3.05) is 5.32 Å². The van der Waals surface area contributed by atoms with Crippen LogP contribution in [-0.4, -0.2) is 14.3 Å². The summed E-state index contributed by atoms with van der Waals surface area (Å²) in [5.41, 5.74) is 0.985. The Bertz CT molecular complexity index is 1150. The van der Waals surface area contributed by atoms with Crippen molar-refractivity contribution in [2.24, 2.45) is 0 Å². The fraction of sp³-hybridized carbons (Fsp3) is 0.0500. The van der Waals surface area contributed by atoms with Gasteiger partial charge in [-0.25, -0.2) is 17.5 Å². The number of amides is 1. The molecular formula is C20H15Cl2FN2O3S. The highest BCUT2D eigenvalue weighted by Gasteiger charge is 2.21. The zero-order chi connectivity index (χ0) is 21.0. The van der Waals surface area contributed by atoms with Crippen LogP contribution in [0.3, 0.4) is 0 Å². The standard InChI is InChI=1S/C20H15Cl2FN2O3S/c21-15-6-8-16(9-7-15)25-20(26)13-5-10-18(23)19(11-13)29(27,28)24-12-14-3-1-2-4-17(14)22/h1-11,24H,12H2,(H,25,26). The molecule has 0 aromatic heterocycles. The number of hydrogen-bond donors (Lipinski definition) is 2. The molecule has 1 amide bonds. The van der Waals surface area contributed by atoms with Gasteiger partial charge >= 0.3 is 0 Å². The number of carbonyl (C=O) groups excluding carboxylic acids is 1. The summed E-state index contributed by atoms with van der Waals surface area (Å²) in [7, 11) is -4.22. The Hall–Kier alpha value is -2.45. The van der Waals surface area contributed by atoms with Gasteiger partial charge in [0.25, 0.3) is 5.91 Å². The first kappa shape index (κ1) is 21.3. The number of nitrogens with one attached hydrogen (secondary N) is 2. The highest BCUT2D eigenvalue weighted by Crippen LogP contribution is 2.20. The molecule has 0 atom stereocenters. The van der Waals surface area contributed by atoms with Gasteiger partial charge in [0.2, 0.25) is 10.0 Å². The molecule has 0 aliphatic carbocycles. The predicted molar refractivity (Wildman–Crippen MR) is 111 cm³/mol. The van der Waals surface area contributed by atoms with Crippen molar-refractivity contribution in [3.8, 4) is 0 Å². The normalized spacial score (nSPS) is 11.3. The van der Waals surface area contributed by atoms with Gasteiger partial charge in [-0.2, -0.15) is 0 Å². The van der Waals surface area contributed by atoms with Gasteiger partial charge < -0.3 is 5.32 Å². The number of benzene rings is 3. The van der Waals surface area contributed by atoms with E-state index in [0.717, 1.165) is 12.1 Å². The summed E-state index contributed by atoms with van der Waals surface area (Å²) in [6, 6.07) is 16.2. The maximum atomic E-state index is 14.2. The van der Waals surface area contributed by atoms with E-state index in [0.29, 0.717) is 21.3 Å². The summed E-state index contributed by atoms with van der Waals surface area (Å²) in [6.07, 6.45) is 0. The van der Waals surface area contributed by atoms with Crippen LogP contribution in [0, 0.1) is 5.82 Å². The van der Waals surface area contributed by atoms with Crippen LogP contribution in [0.15, 0.2) is 71.6 Å². The Labute approximate surface area is 177 Å². The Morgan fingerprint density at radius 3 is 2.34 bits per heavy atom. The lowest BCUT2D eigenvalue weighted by atomic mass is 10.2. The molecule has 0 aliphatic rings. The zero-order valence-electron chi connectivity index (χ0n) is 14.8. The number of hydrogen-bond acceptors (Lipinski definition) is 3. The molecule has 9 heteroatoms. The third-order valence-electron chi connectivity index (χ3n) is 4.00. The van der Waals surface area contributed by atoms with Crippen molar-refractivity contribution >= 4 is 44.8 Å². The quantitative estimate of drug-likeness (QED) is 0.560. The highest BCUT2D eigenvalue weighted by molar-refractivity contribution is 7.89. The maximum absolute atomic E-state index is 14.2. The molecule has 0 unspecified atom stereocenters. The third-order valence-corrected chi connectivity index (χ3v) is 6.03. The van der Waals surface area contributed by atoms with E-state index in [1.54, 1.807) is 48.5 Å². The maximum Gasteiger partial charge on any atom is 0.255 e. The lowest BCUT2D eigenvalue weighted by Gasteiger charge is -2.11. The fourth-order valence-electron chi connectivity index (χ4n) is 2.48. The van der Waals surface area contributed by atoms with E-state index in [4.69, 9.17) is 23.2 Å². The van der Waals surface area contributed by atoms with E-state index in [1.807, 2.05) is 0 Å². The molecule has 0 radical (unpaired) electrons. The van der Waals surface area contributed by atoms with Crippen molar-refractivity contribution in [3.63, 3.8) is 0 Å². The Morgan fingerprint density at radius 2 is 1.66 bits per heavy atom. The van der Waals surface area contributed by atoms with Crippen molar-refractivity contribution in [2.45, 2.75) is 11.4 Å². The molecule has 0 saturated carbocycles. The number of anilines is 1. The summed E-state index contributed by atoms with van der Waals surface area (Å²) >= 11 is 11.8. The van der Waals surface area contributed by atoms with Gasteiger partial charge in [0.05, 0.1) is 0 Å². The van der Waals surface area contributed by atoms with Gasteiger partial charge in [-0.15, -0.1) is 0 Å². The molecule has 150 valence electrons. The molecule has 0 fully saturated rings. The molecule has 0 spiro atoms. The summed E-state index contributed by atoms with van der Waals surface area (Å²) in [4.78, 5) is 11.8. The van der Waals surface area contributed by atoms with Crippen LogP contribution < -0.4 is 10.0 Å². The van der Waals surface area contributed by atoms with Crippen LogP contribution in [0.1, 0.15) is 15.9 Å². The molecule has 3 rings (SSSR count). The van der Waals surface area contributed by atoms with Gasteiger partial charge in [0.1, 0.15) is 10.7 Å². The van der Waals surface area contributed by atoms with Crippen molar-refractivity contribution in [3.05, 3.63) is 93.7 Å². The average molecular weight is 453 g/mol. The van der Waals surface area contributed by atoms with Gasteiger partial charge in [0.15, 0.2) is 0 Å². The van der Waals surface area contributed by atoms with Crippen molar-refractivity contribution < 1.29 is 17.6 Å². The number of carbonyl (C=O) groups is 1. The first-order valence-corrected chi connectivity index (χ1v) is 10.6. The van der Waals surface area contributed by atoms with E-state index in [2.05, 4.69) is 10.0 Å². The Morgan fingerprint density at radius 1 is 0.966 bits per heavy atom. The molecule has 3 aromatic carbocycles. The molecule has 0 aliphatic heterocycles. The molecule has 0 heterocycles. The topological polar surface area (TPSA) is 75.3 Å². The van der Waals surface area contributed by atoms with Crippen LogP contribution in [0.2, 0.25) is 10.0 Å². The monoisotopic (exact) mass is 452 g/mol. The lowest BCUT2D eigenvalue weighted by molar-refractivity contribution is 0.102. The lowest BCUT2D eigenvalue weighted by Crippen LogP contribution is -2.25. The second-order valence-electron chi connectivity index (χ2n) is 6.02. The number of rotatable bonds is 6. The van der Waals surface area contributed by atoms with Crippen LogP contribution >= 0.6 is 23.2 Å². The van der Waals surface area contributed by atoms with Crippen molar-refractivity contribution in [1.29, 1.82) is 0 Å². The van der Waals surface area contributed by atoms with E-state index in [9.17, 15) is 17.6 Å². The van der Waals surface area contributed by atoms with Gasteiger partial charge in [0, 0.05) is 27.8 Å². The Kier molecular flexibility index (Phi) is 6.54. The van der Waals surface area contributed by atoms with E-state index >= 15 is 0 Å². The van der Waals surface area contributed by atoms with Crippen LogP contribution in [0.25, 0.3) is 0 Å². The summed E-state index contributed by atoms with van der Waals surface area (Å²) < 4.78 is 41.6. The fourth-order valence-corrected chi connectivity index (χ4v) is 3.92. The van der Waals surface area contributed by atoms with Gasteiger partial charge in [-0.1, -0.05) is 41.4 Å². The average Bonchev–Trinajstić information content (AvgIpc) is 2.69.